The topological polar surface area (TPSA) is 122 Å². The van der Waals surface area contributed by atoms with Gasteiger partial charge in [0.05, 0.1) is 28.3 Å². The Balaban J connectivity index is 1.98. The van der Waals surface area contributed by atoms with E-state index in [-0.39, 0.29) is 27.3 Å². The number of nitrogens with zero attached hydrogens (tertiary/aromatic N) is 1. The number of hydrogen-bond donors (Lipinski definition) is 2. The van der Waals surface area contributed by atoms with E-state index in [1.54, 1.807) is 63.2 Å². The number of hydrogen-bond acceptors (Lipinski definition) is 6. The molecule has 0 fully saturated rings. The molecule has 0 atom stereocenters. The van der Waals surface area contributed by atoms with Crippen molar-refractivity contribution in [3.05, 3.63) is 78.4 Å². The summed E-state index contributed by atoms with van der Waals surface area (Å²) in [6, 6.07) is 18.4. The lowest BCUT2D eigenvalue weighted by atomic mass is 10.2. The first kappa shape index (κ1) is 27.2. The van der Waals surface area contributed by atoms with Gasteiger partial charge >= 0.3 is 0 Å². The first-order valence-corrected chi connectivity index (χ1v) is 14.0. The van der Waals surface area contributed by atoms with Gasteiger partial charge in [-0.3, -0.25) is 9.10 Å². The predicted molar refractivity (Wildman–Crippen MR) is 139 cm³/mol. The summed E-state index contributed by atoms with van der Waals surface area (Å²) in [5.41, 5.74) is 1.10. The van der Waals surface area contributed by atoms with E-state index in [9.17, 15) is 21.6 Å². The molecule has 0 aliphatic rings. The number of para-hydroxylation sites is 1. The molecule has 0 spiro atoms. The number of ether oxygens (including phenoxy) is 1. The first-order valence-electron chi connectivity index (χ1n) is 11.1. The minimum Gasteiger partial charge on any atom is -0.495 e. The van der Waals surface area contributed by atoms with Gasteiger partial charge in [0.25, 0.3) is 10.0 Å². The molecule has 0 radical (unpaired) electrons. The number of carbonyl (C=O) groups is 1. The fourth-order valence-corrected chi connectivity index (χ4v) is 6.30. The van der Waals surface area contributed by atoms with Gasteiger partial charge in [-0.1, -0.05) is 36.4 Å². The van der Waals surface area contributed by atoms with Crippen LogP contribution in [0.3, 0.4) is 0 Å². The van der Waals surface area contributed by atoms with E-state index in [0.29, 0.717) is 11.3 Å². The second-order valence-electron chi connectivity index (χ2n) is 8.30. The minimum atomic E-state index is -4.09. The van der Waals surface area contributed by atoms with E-state index in [0.717, 1.165) is 4.31 Å². The standard InChI is InChI=1S/C25H29N3O6S2/c1-18(2)27-35(30,31)21-14-15-24(34-4)22(16-21)26-25(29)17-28(23-13-9-8-10-19(23)3)36(32,33)20-11-6-5-7-12-20/h5-16,18,27H,17H2,1-4H3,(H,26,29). The zero-order valence-corrected chi connectivity index (χ0v) is 22.1. The van der Waals surface area contributed by atoms with Crippen LogP contribution in [0, 0.1) is 6.92 Å². The highest BCUT2D eigenvalue weighted by Gasteiger charge is 2.28. The highest BCUT2D eigenvalue weighted by atomic mass is 32.2. The summed E-state index contributed by atoms with van der Waals surface area (Å²) >= 11 is 0. The van der Waals surface area contributed by atoms with Gasteiger partial charge in [-0.2, -0.15) is 0 Å². The molecule has 0 heterocycles. The summed E-state index contributed by atoms with van der Waals surface area (Å²) in [7, 11) is -6.55. The lowest BCUT2D eigenvalue weighted by molar-refractivity contribution is -0.114. The number of sulfonamides is 2. The Morgan fingerprint density at radius 3 is 2.17 bits per heavy atom. The number of amides is 1. The van der Waals surface area contributed by atoms with Gasteiger partial charge in [0.15, 0.2) is 0 Å². The zero-order valence-electron chi connectivity index (χ0n) is 20.4. The molecule has 9 nitrogen and oxygen atoms in total. The molecule has 3 rings (SSSR count). The lowest BCUT2D eigenvalue weighted by Gasteiger charge is -2.25. The van der Waals surface area contributed by atoms with Crippen LogP contribution < -0.4 is 19.1 Å². The largest absolute Gasteiger partial charge is 0.495 e. The summed E-state index contributed by atoms with van der Waals surface area (Å²) in [5.74, 6) is -0.456. The zero-order chi connectivity index (χ0) is 26.5. The van der Waals surface area contributed by atoms with Gasteiger partial charge in [-0.05, 0) is 62.7 Å². The van der Waals surface area contributed by atoms with Crippen LogP contribution in [0.4, 0.5) is 11.4 Å². The molecule has 3 aromatic carbocycles. The van der Waals surface area contributed by atoms with Crippen molar-refractivity contribution in [2.24, 2.45) is 0 Å². The van der Waals surface area contributed by atoms with Crippen LogP contribution in [-0.2, 0) is 24.8 Å². The van der Waals surface area contributed by atoms with Crippen LogP contribution in [0.25, 0.3) is 0 Å². The molecule has 3 aromatic rings. The van der Waals surface area contributed by atoms with Crippen molar-refractivity contribution in [2.45, 2.75) is 36.6 Å². The highest BCUT2D eigenvalue weighted by molar-refractivity contribution is 7.92. The number of carbonyl (C=O) groups excluding carboxylic acids is 1. The van der Waals surface area contributed by atoms with E-state index in [2.05, 4.69) is 10.0 Å². The normalized spacial score (nSPS) is 11.8. The van der Waals surface area contributed by atoms with E-state index < -0.39 is 32.5 Å². The van der Waals surface area contributed by atoms with E-state index in [1.165, 1.54) is 37.4 Å². The second kappa shape index (κ2) is 11.1. The fraction of sp³-hybridized carbons (Fsp3) is 0.240. The van der Waals surface area contributed by atoms with E-state index in [1.807, 2.05) is 0 Å². The molecule has 1 amide bonds. The van der Waals surface area contributed by atoms with Gasteiger partial charge in [0.1, 0.15) is 12.3 Å². The Morgan fingerprint density at radius 2 is 1.56 bits per heavy atom. The van der Waals surface area contributed by atoms with Gasteiger partial charge in [0, 0.05) is 6.04 Å². The molecular formula is C25H29N3O6S2. The molecule has 0 bridgehead atoms. The van der Waals surface area contributed by atoms with Crippen molar-refractivity contribution < 1.29 is 26.4 Å². The maximum atomic E-state index is 13.5. The van der Waals surface area contributed by atoms with Crippen LogP contribution in [0.2, 0.25) is 0 Å². The Hall–Kier alpha value is -3.41. The molecule has 192 valence electrons. The third-order valence-electron chi connectivity index (χ3n) is 5.15. The summed E-state index contributed by atoms with van der Waals surface area (Å²) in [5, 5.41) is 2.61. The van der Waals surface area contributed by atoms with Gasteiger partial charge in [0.2, 0.25) is 15.9 Å². The highest BCUT2D eigenvalue weighted by Crippen LogP contribution is 2.29. The first-order chi connectivity index (χ1) is 17.0. The SMILES string of the molecule is COc1ccc(S(=O)(=O)NC(C)C)cc1NC(=O)CN(c1ccccc1C)S(=O)(=O)c1ccccc1. The molecule has 11 heteroatoms. The van der Waals surface area contributed by atoms with Gasteiger partial charge in [-0.25, -0.2) is 21.6 Å². The molecular weight excluding hydrogens is 502 g/mol. The molecule has 0 aliphatic heterocycles. The molecule has 0 saturated heterocycles. The number of nitrogens with one attached hydrogen (secondary N) is 2. The van der Waals surface area contributed by atoms with Crippen LogP contribution >= 0.6 is 0 Å². The number of benzene rings is 3. The Kier molecular flexibility index (Phi) is 8.39. The maximum Gasteiger partial charge on any atom is 0.264 e. The summed E-state index contributed by atoms with van der Waals surface area (Å²) in [6.07, 6.45) is 0. The van der Waals surface area contributed by atoms with E-state index >= 15 is 0 Å². The second-order valence-corrected chi connectivity index (χ2v) is 11.9. The smallest absolute Gasteiger partial charge is 0.264 e. The number of rotatable bonds is 10. The predicted octanol–water partition coefficient (Wildman–Crippen LogP) is 3.52. The van der Waals surface area contributed by atoms with Crippen molar-refractivity contribution in [1.29, 1.82) is 0 Å². The number of methoxy groups -OCH3 is 1. The Labute approximate surface area is 212 Å². The van der Waals surface area contributed by atoms with Crippen LogP contribution in [0.5, 0.6) is 5.75 Å². The van der Waals surface area contributed by atoms with Crippen LogP contribution in [0.15, 0.2) is 82.6 Å². The molecule has 36 heavy (non-hydrogen) atoms. The van der Waals surface area contributed by atoms with Crippen molar-refractivity contribution in [3.8, 4) is 5.75 Å². The molecule has 0 aliphatic carbocycles. The summed E-state index contributed by atoms with van der Waals surface area (Å²) < 4.78 is 61.1. The van der Waals surface area contributed by atoms with E-state index in [4.69, 9.17) is 4.74 Å². The van der Waals surface area contributed by atoms with Crippen molar-refractivity contribution in [1.82, 2.24) is 4.72 Å². The fourth-order valence-electron chi connectivity index (χ4n) is 3.51. The average molecular weight is 532 g/mol. The van der Waals surface area contributed by atoms with Crippen LogP contribution in [0.1, 0.15) is 19.4 Å². The van der Waals surface area contributed by atoms with Crippen molar-refractivity contribution in [3.63, 3.8) is 0 Å². The van der Waals surface area contributed by atoms with Gasteiger partial charge < -0.3 is 10.1 Å². The third-order valence-corrected chi connectivity index (χ3v) is 8.58. The number of aryl methyl sites for hydroxylation is 1. The van der Waals surface area contributed by atoms with Gasteiger partial charge in [-0.15, -0.1) is 0 Å². The molecule has 2 N–H and O–H groups in total. The number of anilines is 2. The van der Waals surface area contributed by atoms with Crippen LogP contribution in [-0.4, -0.2) is 42.4 Å². The average Bonchev–Trinajstić information content (AvgIpc) is 2.82. The van der Waals surface area contributed by atoms with Crippen molar-refractivity contribution in [2.75, 3.05) is 23.3 Å². The maximum absolute atomic E-state index is 13.5. The molecule has 0 aromatic heterocycles. The lowest BCUT2D eigenvalue weighted by Crippen LogP contribution is -2.38. The Bertz CT molecular complexity index is 1440. The van der Waals surface area contributed by atoms with Crippen molar-refractivity contribution >= 4 is 37.3 Å². The molecule has 0 saturated carbocycles. The quantitative estimate of drug-likeness (QED) is 0.413. The summed E-state index contributed by atoms with van der Waals surface area (Å²) in [6.45, 7) is 4.58. The third kappa shape index (κ3) is 6.23. The summed E-state index contributed by atoms with van der Waals surface area (Å²) in [4.78, 5) is 13.1. The Morgan fingerprint density at radius 1 is 0.917 bits per heavy atom. The molecule has 0 unspecified atom stereocenters. The minimum absolute atomic E-state index is 0.0338. The monoisotopic (exact) mass is 531 g/mol.